The average Bonchev–Trinajstić information content (AvgIpc) is 3.28. The Hall–Kier alpha value is -2.68. The molecule has 29 heavy (non-hydrogen) atoms. The second-order valence-electron chi connectivity index (χ2n) is 6.69. The maximum Gasteiger partial charge on any atom is 0.246 e. The molecule has 3 aromatic rings. The van der Waals surface area contributed by atoms with Gasteiger partial charge in [0.05, 0.1) is 12.2 Å². The molecule has 3 heterocycles. The van der Waals surface area contributed by atoms with Gasteiger partial charge in [0.25, 0.3) is 0 Å². The first kappa shape index (κ1) is 19.6. The van der Waals surface area contributed by atoms with Crippen molar-refractivity contribution in [3.8, 4) is 0 Å². The van der Waals surface area contributed by atoms with Gasteiger partial charge in [0.15, 0.2) is 10.1 Å². The SMILES string of the molecule is O=C(CN1CCN(C(=O)/C=C/c2c(Cl)nc3sccn23)CC1)Nc1ccccc1. The van der Waals surface area contributed by atoms with E-state index in [0.717, 1.165) is 10.6 Å². The van der Waals surface area contributed by atoms with E-state index in [2.05, 4.69) is 15.2 Å². The van der Waals surface area contributed by atoms with E-state index >= 15 is 0 Å². The third-order valence-electron chi connectivity index (χ3n) is 4.75. The minimum Gasteiger partial charge on any atom is -0.337 e. The van der Waals surface area contributed by atoms with E-state index in [1.54, 1.807) is 11.0 Å². The van der Waals surface area contributed by atoms with Crippen molar-refractivity contribution in [1.29, 1.82) is 0 Å². The Morgan fingerprint density at radius 1 is 1.17 bits per heavy atom. The number of nitrogens with one attached hydrogen (secondary N) is 1. The van der Waals surface area contributed by atoms with Crippen molar-refractivity contribution in [1.82, 2.24) is 19.2 Å². The second kappa shape index (κ2) is 8.77. The summed E-state index contributed by atoms with van der Waals surface area (Å²) >= 11 is 7.65. The first-order chi connectivity index (χ1) is 14.1. The van der Waals surface area contributed by atoms with E-state index in [-0.39, 0.29) is 11.8 Å². The highest BCUT2D eigenvalue weighted by atomic mass is 35.5. The van der Waals surface area contributed by atoms with Crippen molar-refractivity contribution in [2.24, 2.45) is 0 Å². The zero-order chi connectivity index (χ0) is 20.2. The summed E-state index contributed by atoms with van der Waals surface area (Å²) in [5, 5.41) is 5.19. The highest BCUT2D eigenvalue weighted by molar-refractivity contribution is 7.15. The molecule has 1 N–H and O–H groups in total. The number of hydrogen-bond donors (Lipinski definition) is 1. The molecule has 1 aliphatic heterocycles. The highest BCUT2D eigenvalue weighted by Gasteiger charge is 2.21. The summed E-state index contributed by atoms with van der Waals surface area (Å²) < 4.78 is 1.86. The van der Waals surface area contributed by atoms with E-state index < -0.39 is 0 Å². The molecule has 2 amide bonds. The fourth-order valence-electron chi connectivity index (χ4n) is 3.23. The highest BCUT2D eigenvalue weighted by Crippen LogP contribution is 2.22. The average molecular weight is 430 g/mol. The summed E-state index contributed by atoms with van der Waals surface area (Å²) in [6, 6.07) is 9.39. The van der Waals surface area contributed by atoms with Crippen LogP contribution in [0.5, 0.6) is 0 Å². The number of carbonyl (C=O) groups is 2. The molecule has 1 aliphatic rings. The van der Waals surface area contributed by atoms with Crippen LogP contribution < -0.4 is 5.32 Å². The predicted octanol–water partition coefficient (Wildman–Crippen LogP) is 2.85. The lowest BCUT2D eigenvalue weighted by Crippen LogP contribution is -2.50. The number of benzene rings is 1. The monoisotopic (exact) mass is 429 g/mol. The Kier molecular flexibility index (Phi) is 5.94. The van der Waals surface area contributed by atoms with Gasteiger partial charge < -0.3 is 10.2 Å². The molecule has 150 valence electrons. The fraction of sp³-hybridized carbons (Fsp3) is 0.250. The fourth-order valence-corrected chi connectivity index (χ4v) is 4.24. The summed E-state index contributed by atoms with van der Waals surface area (Å²) in [6.07, 6.45) is 5.12. The molecule has 0 aliphatic carbocycles. The lowest BCUT2D eigenvalue weighted by atomic mass is 10.2. The van der Waals surface area contributed by atoms with Crippen LogP contribution in [-0.2, 0) is 9.59 Å². The molecule has 1 aromatic carbocycles. The van der Waals surface area contributed by atoms with Gasteiger partial charge in [-0.3, -0.25) is 18.9 Å². The molecule has 1 fully saturated rings. The van der Waals surface area contributed by atoms with Crippen molar-refractivity contribution < 1.29 is 9.59 Å². The first-order valence-corrected chi connectivity index (χ1v) is 10.5. The summed E-state index contributed by atoms with van der Waals surface area (Å²) in [7, 11) is 0. The molecule has 0 unspecified atom stereocenters. The molecule has 0 bridgehead atoms. The van der Waals surface area contributed by atoms with Crippen LogP contribution in [0.25, 0.3) is 11.0 Å². The number of piperazine rings is 1. The Morgan fingerprint density at radius 3 is 2.69 bits per heavy atom. The summed E-state index contributed by atoms with van der Waals surface area (Å²) in [6.45, 7) is 2.79. The zero-order valence-electron chi connectivity index (χ0n) is 15.6. The molecule has 0 atom stereocenters. The zero-order valence-corrected chi connectivity index (χ0v) is 17.2. The number of imidazole rings is 1. The maximum atomic E-state index is 12.5. The summed E-state index contributed by atoms with van der Waals surface area (Å²) in [4.78, 5) is 33.6. The Labute approximate surface area is 177 Å². The van der Waals surface area contributed by atoms with Gasteiger partial charge in [-0.05, 0) is 18.2 Å². The number of hydrogen-bond acceptors (Lipinski definition) is 5. The molecule has 7 nitrogen and oxygen atoms in total. The number of fused-ring (bicyclic) bond motifs is 1. The van der Waals surface area contributed by atoms with Crippen LogP contribution in [0, 0.1) is 0 Å². The molecule has 1 saturated heterocycles. The maximum absolute atomic E-state index is 12.5. The number of carbonyl (C=O) groups excluding carboxylic acids is 2. The van der Waals surface area contributed by atoms with Crippen LogP contribution in [0.1, 0.15) is 5.69 Å². The number of amides is 2. The molecule has 9 heteroatoms. The topological polar surface area (TPSA) is 70.0 Å². The van der Waals surface area contributed by atoms with E-state index in [4.69, 9.17) is 11.6 Å². The number of halogens is 1. The second-order valence-corrected chi connectivity index (χ2v) is 7.92. The number of nitrogens with zero attached hydrogens (tertiary/aromatic N) is 4. The van der Waals surface area contributed by atoms with Gasteiger partial charge in [-0.2, -0.15) is 0 Å². The van der Waals surface area contributed by atoms with E-state index in [9.17, 15) is 9.59 Å². The van der Waals surface area contributed by atoms with Crippen LogP contribution in [0.3, 0.4) is 0 Å². The van der Waals surface area contributed by atoms with Crippen molar-refractivity contribution in [2.75, 3.05) is 38.0 Å². The van der Waals surface area contributed by atoms with Crippen molar-refractivity contribution in [3.63, 3.8) is 0 Å². The lowest BCUT2D eigenvalue weighted by molar-refractivity contribution is -0.127. The standard InChI is InChI=1S/C20H20ClN5O2S/c21-19-16(26-12-13-29-20(26)23-19)6-7-18(28)25-10-8-24(9-11-25)14-17(27)22-15-4-2-1-3-5-15/h1-7,12-13H,8-11,14H2,(H,22,27)/b7-6+. The van der Waals surface area contributed by atoms with Crippen LogP contribution in [-0.4, -0.2) is 63.7 Å². The van der Waals surface area contributed by atoms with Crippen molar-refractivity contribution >= 4 is 51.5 Å². The van der Waals surface area contributed by atoms with Crippen molar-refractivity contribution in [3.05, 3.63) is 58.8 Å². The molecular weight excluding hydrogens is 410 g/mol. The summed E-state index contributed by atoms with van der Waals surface area (Å²) in [5.74, 6) is -0.120. The Bertz CT molecular complexity index is 1040. The molecular formula is C20H20ClN5O2S. The smallest absolute Gasteiger partial charge is 0.246 e. The van der Waals surface area contributed by atoms with Crippen LogP contribution in [0.15, 0.2) is 48.0 Å². The first-order valence-electron chi connectivity index (χ1n) is 9.25. The van der Waals surface area contributed by atoms with Crippen molar-refractivity contribution in [2.45, 2.75) is 0 Å². The Balaban J connectivity index is 1.28. The minimum absolute atomic E-state index is 0.0500. The van der Waals surface area contributed by atoms with Gasteiger partial charge in [0.1, 0.15) is 0 Å². The van der Waals surface area contributed by atoms with Gasteiger partial charge in [-0.1, -0.05) is 29.8 Å². The number of rotatable bonds is 5. The third kappa shape index (κ3) is 4.67. The summed E-state index contributed by atoms with van der Waals surface area (Å²) in [5.41, 5.74) is 1.49. The molecule has 4 rings (SSSR count). The molecule has 0 radical (unpaired) electrons. The lowest BCUT2D eigenvalue weighted by Gasteiger charge is -2.33. The number of anilines is 1. The quantitative estimate of drug-likeness (QED) is 0.633. The van der Waals surface area contributed by atoms with Gasteiger partial charge in [0, 0.05) is 49.5 Å². The number of aromatic nitrogens is 2. The van der Waals surface area contributed by atoms with E-state index in [0.29, 0.717) is 43.6 Å². The van der Waals surface area contributed by atoms with E-state index in [1.807, 2.05) is 46.3 Å². The largest absolute Gasteiger partial charge is 0.337 e. The third-order valence-corrected chi connectivity index (χ3v) is 5.78. The molecule has 2 aromatic heterocycles. The molecule has 0 saturated carbocycles. The van der Waals surface area contributed by atoms with Gasteiger partial charge in [0.2, 0.25) is 11.8 Å². The normalized spacial score (nSPS) is 15.3. The van der Waals surface area contributed by atoms with Crippen LogP contribution >= 0.6 is 22.9 Å². The van der Waals surface area contributed by atoms with Gasteiger partial charge >= 0.3 is 0 Å². The predicted molar refractivity (Wildman–Crippen MR) is 115 cm³/mol. The van der Waals surface area contributed by atoms with Crippen LogP contribution in [0.4, 0.5) is 5.69 Å². The number of thiazole rings is 1. The van der Waals surface area contributed by atoms with E-state index in [1.165, 1.54) is 17.4 Å². The minimum atomic E-state index is -0.0698. The number of para-hydroxylation sites is 1. The Morgan fingerprint density at radius 2 is 1.93 bits per heavy atom. The van der Waals surface area contributed by atoms with Crippen LogP contribution in [0.2, 0.25) is 5.15 Å². The van der Waals surface area contributed by atoms with Gasteiger partial charge in [-0.15, -0.1) is 11.3 Å². The van der Waals surface area contributed by atoms with Gasteiger partial charge in [-0.25, -0.2) is 4.98 Å². The molecule has 0 spiro atoms.